The molecule has 0 radical (unpaired) electrons. The van der Waals surface area contributed by atoms with E-state index < -0.39 is 0 Å². The van der Waals surface area contributed by atoms with Crippen molar-refractivity contribution in [3.63, 3.8) is 0 Å². The van der Waals surface area contributed by atoms with E-state index in [0.29, 0.717) is 5.82 Å². The number of pyridine rings is 1. The van der Waals surface area contributed by atoms with Gasteiger partial charge in [-0.05, 0) is 19.1 Å². The average Bonchev–Trinajstić information content (AvgIpc) is 2.32. The lowest BCUT2D eigenvalue weighted by molar-refractivity contribution is -0.116. The predicted molar refractivity (Wildman–Crippen MR) is 66.1 cm³/mol. The van der Waals surface area contributed by atoms with E-state index in [-0.39, 0.29) is 18.0 Å². The molecule has 2 aromatic heterocycles. The number of carbonyl (C=O) groups excluding carboxylic acids is 1. The largest absolute Gasteiger partial charge is 0.309 e. The van der Waals surface area contributed by atoms with Crippen LogP contribution in [0.3, 0.4) is 0 Å². The molecule has 0 fully saturated rings. The first-order valence-corrected chi connectivity index (χ1v) is 5.39. The summed E-state index contributed by atoms with van der Waals surface area (Å²) in [4.78, 5) is 31.0. The topological polar surface area (TPSA) is 76.9 Å². The van der Waals surface area contributed by atoms with Crippen molar-refractivity contribution in [2.45, 2.75) is 13.5 Å². The van der Waals surface area contributed by atoms with Crippen LogP contribution in [0.15, 0.2) is 41.6 Å². The number of rotatable bonds is 3. The molecular formula is C12H12N4O2. The van der Waals surface area contributed by atoms with Crippen molar-refractivity contribution in [1.82, 2.24) is 14.5 Å². The molecule has 0 aliphatic carbocycles. The van der Waals surface area contributed by atoms with Gasteiger partial charge in [-0.1, -0.05) is 6.07 Å². The fourth-order valence-electron chi connectivity index (χ4n) is 1.45. The number of hydrogen-bond acceptors (Lipinski definition) is 4. The standard InChI is InChI=1S/C12H12N4O2/c1-9-3-2-4-10(14-9)15-11(17)7-16-8-13-6-5-12(16)18/h2-6,8H,7H2,1H3,(H,14,15,17). The van der Waals surface area contributed by atoms with E-state index in [1.807, 2.05) is 13.0 Å². The Kier molecular flexibility index (Phi) is 3.47. The molecule has 0 saturated carbocycles. The van der Waals surface area contributed by atoms with Gasteiger partial charge in [-0.15, -0.1) is 0 Å². The van der Waals surface area contributed by atoms with Crippen molar-refractivity contribution >= 4 is 11.7 Å². The molecule has 0 saturated heterocycles. The van der Waals surface area contributed by atoms with Crippen LogP contribution in [0.1, 0.15) is 5.69 Å². The molecule has 0 aromatic carbocycles. The summed E-state index contributed by atoms with van der Waals surface area (Å²) in [6.07, 6.45) is 2.71. The summed E-state index contributed by atoms with van der Waals surface area (Å²) in [5, 5.41) is 2.62. The number of nitrogens with one attached hydrogen (secondary N) is 1. The molecule has 2 heterocycles. The van der Waals surface area contributed by atoms with Gasteiger partial charge in [0.25, 0.3) is 5.56 Å². The molecule has 1 amide bonds. The Morgan fingerprint density at radius 1 is 1.39 bits per heavy atom. The zero-order valence-corrected chi connectivity index (χ0v) is 9.83. The number of amides is 1. The molecule has 18 heavy (non-hydrogen) atoms. The minimum absolute atomic E-state index is 0.0811. The second-order valence-corrected chi connectivity index (χ2v) is 3.76. The lowest BCUT2D eigenvalue weighted by Crippen LogP contribution is -2.27. The molecule has 2 rings (SSSR count). The van der Waals surface area contributed by atoms with Crippen LogP contribution in [-0.2, 0) is 11.3 Å². The van der Waals surface area contributed by atoms with Crippen LogP contribution >= 0.6 is 0 Å². The zero-order valence-electron chi connectivity index (χ0n) is 9.83. The maximum absolute atomic E-state index is 11.7. The Balaban J connectivity index is 2.06. The third kappa shape index (κ3) is 3.00. The molecule has 92 valence electrons. The van der Waals surface area contributed by atoms with E-state index in [9.17, 15) is 9.59 Å². The third-order valence-corrected chi connectivity index (χ3v) is 2.26. The lowest BCUT2D eigenvalue weighted by atomic mass is 10.4. The second kappa shape index (κ2) is 5.22. The van der Waals surface area contributed by atoms with Crippen LogP contribution in [0.5, 0.6) is 0 Å². The minimum Gasteiger partial charge on any atom is -0.309 e. The quantitative estimate of drug-likeness (QED) is 0.857. The van der Waals surface area contributed by atoms with Crippen molar-refractivity contribution in [3.05, 3.63) is 52.8 Å². The molecule has 6 nitrogen and oxygen atoms in total. The predicted octanol–water partition coefficient (Wildman–Crippen LogP) is 0.585. The van der Waals surface area contributed by atoms with Crippen LogP contribution in [0.4, 0.5) is 5.82 Å². The van der Waals surface area contributed by atoms with Gasteiger partial charge in [0, 0.05) is 18.0 Å². The molecule has 0 aliphatic rings. The Morgan fingerprint density at radius 3 is 2.94 bits per heavy atom. The van der Waals surface area contributed by atoms with E-state index in [0.717, 1.165) is 5.69 Å². The Morgan fingerprint density at radius 2 is 2.22 bits per heavy atom. The maximum atomic E-state index is 11.7. The van der Waals surface area contributed by atoms with Gasteiger partial charge in [-0.3, -0.25) is 14.2 Å². The first kappa shape index (κ1) is 12.0. The second-order valence-electron chi connectivity index (χ2n) is 3.76. The highest BCUT2D eigenvalue weighted by Crippen LogP contribution is 2.03. The molecule has 6 heteroatoms. The molecule has 0 bridgehead atoms. The highest BCUT2D eigenvalue weighted by molar-refractivity contribution is 5.89. The summed E-state index contributed by atoms with van der Waals surface area (Å²) in [5.41, 5.74) is 0.545. The van der Waals surface area contributed by atoms with E-state index in [4.69, 9.17) is 0 Å². The van der Waals surface area contributed by atoms with Crippen LogP contribution in [-0.4, -0.2) is 20.4 Å². The summed E-state index contributed by atoms with van der Waals surface area (Å²) in [7, 11) is 0. The Hall–Kier alpha value is -2.50. The first-order chi connectivity index (χ1) is 8.65. The van der Waals surface area contributed by atoms with Gasteiger partial charge >= 0.3 is 0 Å². The number of hydrogen-bond donors (Lipinski definition) is 1. The Bertz CT molecular complexity index is 621. The highest BCUT2D eigenvalue weighted by atomic mass is 16.2. The van der Waals surface area contributed by atoms with Gasteiger partial charge < -0.3 is 5.32 Å². The van der Waals surface area contributed by atoms with E-state index in [2.05, 4.69) is 15.3 Å². The number of aromatic nitrogens is 3. The average molecular weight is 244 g/mol. The van der Waals surface area contributed by atoms with Crippen molar-refractivity contribution in [2.24, 2.45) is 0 Å². The molecule has 1 N–H and O–H groups in total. The van der Waals surface area contributed by atoms with Crippen LogP contribution < -0.4 is 10.9 Å². The highest BCUT2D eigenvalue weighted by Gasteiger charge is 2.05. The van der Waals surface area contributed by atoms with Gasteiger partial charge in [0.15, 0.2) is 0 Å². The van der Waals surface area contributed by atoms with Crippen molar-refractivity contribution in [2.75, 3.05) is 5.32 Å². The van der Waals surface area contributed by atoms with E-state index in [1.165, 1.54) is 23.2 Å². The van der Waals surface area contributed by atoms with Gasteiger partial charge in [-0.25, -0.2) is 9.97 Å². The summed E-state index contributed by atoms with van der Waals surface area (Å²) in [6.45, 7) is 1.75. The fourth-order valence-corrected chi connectivity index (χ4v) is 1.45. The number of nitrogens with zero attached hydrogens (tertiary/aromatic N) is 3. The lowest BCUT2D eigenvalue weighted by Gasteiger charge is -2.06. The van der Waals surface area contributed by atoms with Gasteiger partial charge in [0.05, 0.1) is 6.33 Å². The Labute approximate surface area is 103 Å². The SMILES string of the molecule is Cc1cccc(NC(=O)Cn2cnccc2=O)n1. The zero-order chi connectivity index (χ0) is 13.0. The van der Waals surface area contributed by atoms with Crippen molar-refractivity contribution < 1.29 is 4.79 Å². The van der Waals surface area contributed by atoms with Gasteiger partial charge in [-0.2, -0.15) is 0 Å². The summed E-state index contributed by atoms with van der Waals surface area (Å²) >= 11 is 0. The van der Waals surface area contributed by atoms with Gasteiger partial charge in [0.1, 0.15) is 12.4 Å². The van der Waals surface area contributed by atoms with Gasteiger partial charge in [0.2, 0.25) is 5.91 Å². The smallest absolute Gasteiger partial charge is 0.253 e. The molecule has 2 aromatic rings. The molecule has 0 spiro atoms. The molecular weight excluding hydrogens is 232 g/mol. The minimum atomic E-state index is -0.316. The number of carbonyl (C=O) groups is 1. The monoisotopic (exact) mass is 244 g/mol. The van der Waals surface area contributed by atoms with Crippen LogP contribution in [0, 0.1) is 6.92 Å². The first-order valence-electron chi connectivity index (χ1n) is 5.39. The van der Waals surface area contributed by atoms with Crippen molar-refractivity contribution in [3.8, 4) is 0 Å². The molecule has 0 aliphatic heterocycles. The number of anilines is 1. The molecule has 0 atom stereocenters. The van der Waals surface area contributed by atoms with Crippen LogP contribution in [0.25, 0.3) is 0 Å². The van der Waals surface area contributed by atoms with Crippen molar-refractivity contribution in [1.29, 1.82) is 0 Å². The van der Waals surface area contributed by atoms with E-state index >= 15 is 0 Å². The summed E-state index contributed by atoms with van der Waals surface area (Å²) in [6, 6.07) is 6.63. The number of aryl methyl sites for hydroxylation is 1. The summed E-state index contributed by atoms with van der Waals surface area (Å²) in [5.74, 6) is 0.153. The van der Waals surface area contributed by atoms with Crippen LogP contribution in [0.2, 0.25) is 0 Å². The summed E-state index contributed by atoms with van der Waals surface area (Å²) < 4.78 is 1.23. The van der Waals surface area contributed by atoms with E-state index in [1.54, 1.807) is 12.1 Å². The third-order valence-electron chi connectivity index (χ3n) is 2.26. The maximum Gasteiger partial charge on any atom is 0.253 e. The fraction of sp³-hybridized carbons (Fsp3) is 0.167. The molecule has 0 unspecified atom stereocenters. The normalized spacial score (nSPS) is 10.1.